The molecule has 18 heavy (non-hydrogen) atoms. The van der Waals surface area contributed by atoms with E-state index in [1.54, 1.807) is 11.8 Å². The van der Waals surface area contributed by atoms with Crippen LogP contribution in [0.1, 0.15) is 0 Å². The first-order valence-electron chi connectivity index (χ1n) is 5.41. The van der Waals surface area contributed by atoms with Gasteiger partial charge in [-0.15, -0.1) is 11.8 Å². The molecule has 3 rings (SSSR count). The van der Waals surface area contributed by atoms with Gasteiger partial charge >= 0.3 is 0 Å². The fourth-order valence-corrected chi connectivity index (χ4v) is 2.62. The van der Waals surface area contributed by atoms with Gasteiger partial charge < -0.3 is 5.11 Å². The van der Waals surface area contributed by atoms with Gasteiger partial charge in [0, 0.05) is 0 Å². The van der Waals surface area contributed by atoms with E-state index in [0.29, 0.717) is 11.7 Å². The Balaban J connectivity index is 2.58. The SMILES string of the molecule is CSCn1c2ccccc2n2c(=O)cc(O)nc12. The lowest BCUT2D eigenvalue weighted by molar-refractivity contribution is 0.452. The van der Waals surface area contributed by atoms with E-state index in [2.05, 4.69) is 4.98 Å². The second kappa shape index (κ2) is 4.06. The summed E-state index contributed by atoms with van der Waals surface area (Å²) in [6.07, 6.45) is 1.98. The summed E-state index contributed by atoms with van der Waals surface area (Å²) in [4.78, 5) is 16.0. The van der Waals surface area contributed by atoms with Crippen LogP contribution in [0.3, 0.4) is 0 Å². The van der Waals surface area contributed by atoms with Crippen molar-refractivity contribution in [1.29, 1.82) is 0 Å². The minimum absolute atomic E-state index is 0.245. The number of imidazole rings is 1. The topological polar surface area (TPSA) is 59.5 Å². The van der Waals surface area contributed by atoms with Crippen molar-refractivity contribution in [3.63, 3.8) is 0 Å². The van der Waals surface area contributed by atoms with Gasteiger partial charge in [-0.1, -0.05) is 12.1 Å². The van der Waals surface area contributed by atoms with E-state index in [0.717, 1.165) is 17.1 Å². The highest BCUT2D eigenvalue weighted by atomic mass is 32.2. The Morgan fingerprint density at radius 3 is 2.78 bits per heavy atom. The Morgan fingerprint density at radius 1 is 1.33 bits per heavy atom. The first kappa shape index (κ1) is 11.2. The number of hydrogen-bond donors (Lipinski definition) is 1. The molecular formula is C12H11N3O2S. The van der Waals surface area contributed by atoms with E-state index in [-0.39, 0.29) is 11.4 Å². The van der Waals surface area contributed by atoms with E-state index in [9.17, 15) is 9.90 Å². The van der Waals surface area contributed by atoms with E-state index < -0.39 is 0 Å². The van der Waals surface area contributed by atoms with Gasteiger partial charge in [0.2, 0.25) is 11.7 Å². The van der Waals surface area contributed by atoms with Crippen molar-refractivity contribution < 1.29 is 5.11 Å². The molecule has 1 aromatic carbocycles. The molecule has 5 nitrogen and oxygen atoms in total. The fourth-order valence-electron chi connectivity index (χ4n) is 2.11. The third-order valence-electron chi connectivity index (χ3n) is 2.80. The van der Waals surface area contributed by atoms with Crippen LogP contribution in [0.2, 0.25) is 0 Å². The normalized spacial score (nSPS) is 11.4. The van der Waals surface area contributed by atoms with Crippen molar-refractivity contribution in [2.75, 3.05) is 6.26 Å². The Morgan fingerprint density at radius 2 is 2.06 bits per heavy atom. The maximum atomic E-state index is 12.0. The summed E-state index contributed by atoms with van der Waals surface area (Å²) in [5, 5.41) is 9.48. The van der Waals surface area contributed by atoms with E-state index in [1.807, 2.05) is 35.1 Å². The van der Waals surface area contributed by atoms with Crippen molar-refractivity contribution in [3.05, 3.63) is 40.7 Å². The number of nitrogens with zero attached hydrogens (tertiary/aromatic N) is 3. The van der Waals surface area contributed by atoms with E-state index in [4.69, 9.17) is 0 Å². The average Bonchev–Trinajstić information content (AvgIpc) is 2.65. The Hall–Kier alpha value is -1.95. The Labute approximate surface area is 107 Å². The van der Waals surface area contributed by atoms with Crippen molar-refractivity contribution in [2.24, 2.45) is 0 Å². The molecule has 0 atom stereocenters. The molecule has 1 N–H and O–H groups in total. The van der Waals surface area contributed by atoms with Gasteiger partial charge in [0.15, 0.2) is 0 Å². The standard InChI is InChI=1S/C12H11N3O2S/c1-18-7-14-8-4-2-3-5-9(8)15-11(17)6-10(16)13-12(14)15/h2-6,16H,7H2,1H3. The lowest BCUT2D eigenvalue weighted by Crippen LogP contribution is -2.12. The molecule has 92 valence electrons. The summed E-state index contributed by atoms with van der Waals surface area (Å²) in [6, 6.07) is 8.74. The Kier molecular flexibility index (Phi) is 2.52. The molecule has 2 aromatic heterocycles. The van der Waals surface area contributed by atoms with Crippen LogP contribution in [0.4, 0.5) is 0 Å². The highest BCUT2D eigenvalue weighted by Crippen LogP contribution is 2.20. The van der Waals surface area contributed by atoms with Crippen LogP contribution >= 0.6 is 11.8 Å². The van der Waals surface area contributed by atoms with Crippen molar-refractivity contribution in [2.45, 2.75) is 5.88 Å². The van der Waals surface area contributed by atoms with Gasteiger partial charge in [0.1, 0.15) is 0 Å². The molecule has 6 heteroatoms. The molecular weight excluding hydrogens is 250 g/mol. The van der Waals surface area contributed by atoms with Gasteiger partial charge in [0.25, 0.3) is 5.56 Å². The summed E-state index contributed by atoms with van der Waals surface area (Å²) in [5.74, 6) is 0.896. The summed E-state index contributed by atoms with van der Waals surface area (Å²) < 4.78 is 3.44. The largest absolute Gasteiger partial charge is 0.493 e. The molecule has 0 spiro atoms. The number of benzene rings is 1. The van der Waals surface area contributed by atoms with Crippen LogP contribution in [0.25, 0.3) is 16.8 Å². The van der Waals surface area contributed by atoms with Crippen LogP contribution in [-0.4, -0.2) is 25.3 Å². The van der Waals surface area contributed by atoms with Crippen LogP contribution < -0.4 is 5.56 Å². The van der Waals surface area contributed by atoms with Crippen LogP contribution in [0, 0.1) is 0 Å². The number of aromatic hydroxyl groups is 1. The quantitative estimate of drug-likeness (QED) is 0.762. The maximum absolute atomic E-state index is 12.0. The smallest absolute Gasteiger partial charge is 0.263 e. The van der Waals surface area contributed by atoms with Gasteiger partial charge in [-0.3, -0.25) is 9.36 Å². The second-order valence-electron chi connectivity index (χ2n) is 3.92. The number of fused-ring (bicyclic) bond motifs is 3. The zero-order chi connectivity index (χ0) is 12.7. The fraction of sp³-hybridized carbons (Fsp3) is 0.167. The molecule has 0 saturated carbocycles. The third-order valence-corrected chi connectivity index (χ3v) is 3.32. The molecule has 0 aliphatic carbocycles. The number of rotatable bonds is 2. The number of aromatic nitrogens is 3. The molecule has 3 aromatic rings. The molecule has 2 heterocycles. The summed E-state index contributed by atoms with van der Waals surface area (Å²) in [7, 11) is 0. The van der Waals surface area contributed by atoms with Gasteiger partial charge in [-0.25, -0.2) is 4.40 Å². The minimum atomic E-state index is -0.270. The van der Waals surface area contributed by atoms with E-state index >= 15 is 0 Å². The highest BCUT2D eigenvalue weighted by Gasteiger charge is 2.13. The third kappa shape index (κ3) is 1.49. The first-order valence-corrected chi connectivity index (χ1v) is 6.80. The molecule has 0 aliphatic heterocycles. The van der Waals surface area contributed by atoms with Crippen molar-refractivity contribution in [3.8, 4) is 5.88 Å². The van der Waals surface area contributed by atoms with Gasteiger partial charge in [-0.2, -0.15) is 4.98 Å². The van der Waals surface area contributed by atoms with Gasteiger partial charge in [-0.05, 0) is 18.4 Å². The lowest BCUT2D eigenvalue weighted by Gasteiger charge is -2.02. The number of hydrogen-bond acceptors (Lipinski definition) is 4. The molecule has 0 amide bonds. The zero-order valence-corrected chi connectivity index (χ0v) is 10.5. The van der Waals surface area contributed by atoms with Crippen LogP contribution in [0.5, 0.6) is 5.88 Å². The zero-order valence-electron chi connectivity index (χ0n) is 9.70. The average molecular weight is 261 g/mol. The predicted molar refractivity (Wildman–Crippen MR) is 72.1 cm³/mol. The number of thioether (sulfide) groups is 1. The summed E-state index contributed by atoms with van der Waals surface area (Å²) in [5.41, 5.74) is 1.47. The molecule has 0 radical (unpaired) electrons. The molecule has 0 unspecified atom stereocenters. The summed E-state index contributed by atoms with van der Waals surface area (Å²) in [6.45, 7) is 0. The minimum Gasteiger partial charge on any atom is -0.493 e. The van der Waals surface area contributed by atoms with Crippen molar-refractivity contribution in [1.82, 2.24) is 14.0 Å². The Bertz CT molecular complexity index is 791. The maximum Gasteiger partial charge on any atom is 0.263 e. The predicted octanol–water partition coefficient (Wildman–Crippen LogP) is 1.68. The van der Waals surface area contributed by atoms with E-state index in [1.165, 1.54) is 4.40 Å². The molecule has 0 fully saturated rings. The van der Waals surface area contributed by atoms with Gasteiger partial charge in [0.05, 0.1) is 23.0 Å². The molecule has 0 aliphatic rings. The second-order valence-corrected chi connectivity index (χ2v) is 4.76. The van der Waals surface area contributed by atoms with Crippen molar-refractivity contribution >= 4 is 28.6 Å². The number of para-hydroxylation sites is 2. The van der Waals surface area contributed by atoms with Crippen LogP contribution in [0.15, 0.2) is 35.1 Å². The van der Waals surface area contributed by atoms with Crippen LogP contribution in [-0.2, 0) is 5.88 Å². The highest BCUT2D eigenvalue weighted by molar-refractivity contribution is 7.97. The molecule has 0 bridgehead atoms. The molecule has 0 saturated heterocycles. The lowest BCUT2D eigenvalue weighted by atomic mass is 10.3. The monoisotopic (exact) mass is 261 g/mol. The summed E-state index contributed by atoms with van der Waals surface area (Å²) >= 11 is 1.63. The first-order chi connectivity index (χ1) is 8.72.